The van der Waals surface area contributed by atoms with Crippen LogP contribution in [0.1, 0.15) is 110 Å². The van der Waals surface area contributed by atoms with E-state index in [1.807, 2.05) is 12.5 Å². The summed E-state index contributed by atoms with van der Waals surface area (Å²) in [6.07, 6.45) is 4.08. The Bertz CT molecular complexity index is 1300. The Balaban J connectivity index is -0.000000123. The molecule has 5 aromatic rings. The second-order valence-corrected chi connectivity index (χ2v) is 13.5. The third-order valence-corrected chi connectivity index (χ3v) is 7.81. The van der Waals surface area contributed by atoms with Crippen LogP contribution in [0, 0.1) is 83.1 Å². The molecule has 0 aliphatic heterocycles. The van der Waals surface area contributed by atoms with Gasteiger partial charge >= 0.3 is 0 Å². The third-order valence-electron chi connectivity index (χ3n) is 7.81. The van der Waals surface area contributed by atoms with Crippen LogP contribution < -0.4 is 0 Å². The lowest BCUT2D eigenvalue weighted by atomic mass is 10.0. The fraction of sp³-hybridized carbons (Fsp3) is 0.392. The van der Waals surface area contributed by atoms with Crippen molar-refractivity contribution in [2.24, 2.45) is 0 Å². The van der Waals surface area contributed by atoms with E-state index in [9.17, 15) is 4.79 Å². The number of hydrogen-bond donors (Lipinski definition) is 0. The van der Waals surface area contributed by atoms with Crippen molar-refractivity contribution in [2.45, 2.75) is 127 Å². The van der Waals surface area contributed by atoms with Crippen LogP contribution in [-0.2, 0) is 4.79 Å². The maximum Gasteiger partial charge on any atom is 0.126 e. The molecule has 298 valence electrons. The van der Waals surface area contributed by atoms with Crippen molar-refractivity contribution in [1.29, 1.82) is 0 Å². The summed E-state index contributed by atoms with van der Waals surface area (Å²) < 4.78 is 0. The van der Waals surface area contributed by atoms with Crippen molar-refractivity contribution in [3.63, 3.8) is 0 Å². The third kappa shape index (κ3) is 32.5. The van der Waals surface area contributed by atoms with Gasteiger partial charge in [0.05, 0.1) is 0 Å². The summed E-state index contributed by atoms with van der Waals surface area (Å²) in [6, 6.07) is 37.9. The lowest BCUT2D eigenvalue weighted by Gasteiger charge is -2.04. The molecule has 2 heteroatoms. The Morgan fingerprint density at radius 1 is 0.321 bits per heavy atom. The zero-order valence-electron chi connectivity index (χ0n) is 33.7. The molecule has 0 fully saturated rings. The van der Waals surface area contributed by atoms with E-state index < -0.39 is 0 Å². The minimum absolute atomic E-state index is 0. The first-order valence-corrected chi connectivity index (χ1v) is 18.6. The van der Waals surface area contributed by atoms with Gasteiger partial charge in [0.2, 0.25) is 0 Å². The van der Waals surface area contributed by atoms with Crippen LogP contribution in [0.15, 0.2) is 109 Å². The molecule has 0 amide bonds. The molecule has 0 aliphatic carbocycles. The van der Waals surface area contributed by atoms with E-state index in [1.165, 1.54) is 80.6 Å². The summed E-state index contributed by atoms with van der Waals surface area (Å²) in [5.41, 5.74) is 16.5. The fourth-order valence-corrected chi connectivity index (χ4v) is 3.76. The predicted molar refractivity (Wildman–Crippen MR) is 252 cm³/mol. The molecule has 0 radical (unpaired) electrons. The maximum absolute atomic E-state index is 9.44. The molecule has 0 aromatic heterocycles. The summed E-state index contributed by atoms with van der Waals surface area (Å²) in [5.74, 6) is 0.167. The smallest absolute Gasteiger partial charge is 0.126 e. The molecule has 0 spiro atoms. The highest BCUT2D eigenvalue weighted by molar-refractivity contribution is 7.97. The summed E-state index contributed by atoms with van der Waals surface area (Å²) in [5, 5.41) is 0. The van der Waals surface area contributed by atoms with Gasteiger partial charge in [0, 0.05) is 0 Å². The molecule has 0 unspecified atom stereocenters. The van der Waals surface area contributed by atoms with Gasteiger partial charge in [0.1, 0.15) is 5.78 Å². The molecule has 53 heavy (non-hydrogen) atoms. The van der Waals surface area contributed by atoms with Gasteiger partial charge in [-0.3, -0.25) is 0 Å². The highest BCUT2D eigenvalue weighted by Gasteiger charge is 1.95. The Hall–Kier alpha value is -3.88. The van der Waals surface area contributed by atoms with Gasteiger partial charge in [-0.05, 0) is 176 Å². The van der Waals surface area contributed by atoms with E-state index in [4.69, 9.17) is 0 Å². The predicted octanol–water partition coefficient (Wildman–Crippen LogP) is 16.3. The number of hydrogen-bond acceptors (Lipinski definition) is 2. The number of Topliss-reactive ketones (excluding diaryl/α,β-unsaturated/α-hetero) is 1. The maximum atomic E-state index is 9.44. The zero-order valence-corrected chi connectivity index (χ0v) is 34.5. The first-order chi connectivity index (χ1) is 23.0. The Labute approximate surface area is 336 Å². The molecule has 5 rings (SSSR count). The van der Waals surface area contributed by atoms with Gasteiger partial charge < -0.3 is 4.79 Å². The SMILES string of the molecule is C.C.C.C.CC(C)=O.CSC.Cc1cc(C)c(C)cc1C.Cc1ccccc1C.Cc1ccccc1C.Cc1ccccc1C.Cc1ccccc1C. The van der Waals surface area contributed by atoms with Crippen LogP contribution >= 0.6 is 11.8 Å². The van der Waals surface area contributed by atoms with Gasteiger partial charge in [-0.25, -0.2) is 0 Å². The van der Waals surface area contributed by atoms with Crippen LogP contribution in [0.25, 0.3) is 0 Å². The highest BCUT2D eigenvalue weighted by Crippen LogP contribution is 2.13. The van der Waals surface area contributed by atoms with E-state index >= 15 is 0 Å². The second kappa shape index (κ2) is 36.5. The van der Waals surface area contributed by atoms with Gasteiger partial charge in [-0.2, -0.15) is 11.8 Å². The van der Waals surface area contributed by atoms with Crippen molar-refractivity contribution < 1.29 is 4.79 Å². The van der Waals surface area contributed by atoms with Crippen LogP contribution in [-0.4, -0.2) is 18.3 Å². The Morgan fingerprint density at radius 3 is 0.491 bits per heavy atom. The quantitative estimate of drug-likeness (QED) is 0.157. The highest BCUT2D eigenvalue weighted by atomic mass is 32.2. The number of benzene rings is 5. The van der Waals surface area contributed by atoms with E-state index in [2.05, 4.69) is 192 Å². The largest absolute Gasteiger partial charge is 0.300 e. The second-order valence-electron chi connectivity index (χ2n) is 12.7. The molecular formula is C51H82OS. The van der Waals surface area contributed by atoms with Crippen LogP contribution in [0.4, 0.5) is 0 Å². The number of carbonyl (C=O) groups is 1. The molecule has 0 N–H and O–H groups in total. The number of ketones is 1. The average molecular weight is 743 g/mol. The van der Waals surface area contributed by atoms with Gasteiger partial charge in [0.15, 0.2) is 0 Å². The van der Waals surface area contributed by atoms with E-state index in [1.54, 1.807) is 11.8 Å². The molecule has 0 heterocycles. The first-order valence-electron chi connectivity index (χ1n) is 17.0. The molecule has 0 saturated heterocycles. The number of carbonyl (C=O) groups excluding carboxylic acids is 1. The standard InChI is InChI=1S/C10H14.4C8H10.C3H6O.C2H6S.4CH4/c1-7-5-9(3)10(4)6-8(7)2;4*1-7-5-3-4-6-8(7)2;1-3(2)4;1-3-2;;;;/h5-6H,1-4H3;4*3-6H,1-2H3;1-2H3;1-2H3;4*1H4. The van der Waals surface area contributed by atoms with Crippen molar-refractivity contribution in [3.8, 4) is 0 Å². The molecule has 0 bridgehead atoms. The minimum Gasteiger partial charge on any atom is -0.300 e. The average Bonchev–Trinajstić information content (AvgIpc) is 3.04. The van der Waals surface area contributed by atoms with Crippen molar-refractivity contribution in [1.82, 2.24) is 0 Å². The number of rotatable bonds is 0. The zero-order chi connectivity index (χ0) is 37.9. The normalized spacial score (nSPS) is 8.30. The van der Waals surface area contributed by atoms with Crippen LogP contribution in [0.3, 0.4) is 0 Å². The summed E-state index contributed by atoms with van der Waals surface area (Å²) in [4.78, 5) is 9.44. The van der Waals surface area contributed by atoms with Crippen LogP contribution in [0.2, 0.25) is 0 Å². The molecule has 0 atom stereocenters. The number of aryl methyl sites for hydroxylation is 12. The molecule has 5 aromatic carbocycles. The number of thioether (sulfide) groups is 1. The molecule has 0 saturated carbocycles. The van der Waals surface area contributed by atoms with Crippen molar-refractivity contribution >= 4 is 17.5 Å². The minimum atomic E-state index is 0. The Kier molecular flexibility index (Phi) is 42.1. The Morgan fingerprint density at radius 2 is 0.415 bits per heavy atom. The molecule has 0 aliphatic rings. The van der Waals surface area contributed by atoms with Crippen LogP contribution in [0.5, 0.6) is 0 Å². The summed E-state index contributed by atoms with van der Waals surface area (Å²) in [7, 11) is 0. The van der Waals surface area contributed by atoms with Gasteiger partial charge in [-0.15, -0.1) is 0 Å². The lowest BCUT2D eigenvalue weighted by Crippen LogP contribution is -1.86. The van der Waals surface area contributed by atoms with Gasteiger partial charge in [-0.1, -0.05) is 139 Å². The topological polar surface area (TPSA) is 17.1 Å². The van der Waals surface area contributed by atoms with E-state index in [0.29, 0.717) is 0 Å². The van der Waals surface area contributed by atoms with E-state index in [0.717, 1.165) is 0 Å². The van der Waals surface area contributed by atoms with E-state index in [-0.39, 0.29) is 35.5 Å². The molecule has 1 nitrogen and oxygen atoms in total. The summed E-state index contributed by atoms with van der Waals surface area (Å²) in [6.45, 7) is 28.6. The first kappa shape index (κ1) is 61.2. The summed E-state index contributed by atoms with van der Waals surface area (Å²) >= 11 is 1.75. The monoisotopic (exact) mass is 743 g/mol. The lowest BCUT2D eigenvalue weighted by molar-refractivity contribution is -0.115. The molecular weight excluding hydrogens is 661 g/mol. The van der Waals surface area contributed by atoms with Crippen molar-refractivity contribution in [3.05, 3.63) is 176 Å². The fourth-order valence-electron chi connectivity index (χ4n) is 3.76. The van der Waals surface area contributed by atoms with Crippen molar-refractivity contribution in [2.75, 3.05) is 12.5 Å². The van der Waals surface area contributed by atoms with Gasteiger partial charge in [0.25, 0.3) is 0 Å².